The minimum atomic E-state index is -1.30. The number of nitro benzene ring substituents is 1. The third kappa shape index (κ3) is 3.52. The van der Waals surface area contributed by atoms with Gasteiger partial charge in [-0.05, 0) is 24.3 Å². The number of nitro groups is 1. The quantitative estimate of drug-likeness (QED) is 0.509. The van der Waals surface area contributed by atoms with Crippen LogP contribution in [0.25, 0.3) is 0 Å². The highest BCUT2D eigenvalue weighted by Crippen LogP contribution is 2.38. The van der Waals surface area contributed by atoms with Crippen LogP contribution in [-0.2, 0) is 0 Å². The van der Waals surface area contributed by atoms with Crippen LogP contribution in [0.5, 0.6) is 0 Å². The fourth-order valence-corrected chi connectivity index (χ4v) is 3.43. The predicted molar refractivity (Wildman–Crippen MR) is 78.2 cm³/mol. The molecule has 102 valence electrons. The first kappa shape index (κ1) is 14.4. The molecule has 0 saturated heterocycles. The monoisotopic (exact) mass is 307 g/mol. The molecule has 2 aromatic carbocycles. The average Bonchev–Trinajstić information content (AvgIpc) is 2.45. The van der Waals surface area contributed by atoms with Gasteiger partial charge in [0.15, 0.2) is 0 Å². The first-order chi connectivity index (χ1) is 9.58. The van der Waals surface area contributed by atoms with Crippen molar-refractivity contribution in [1.29, 1.82) is 0 Å². The van der Waals surface area contributed by atoms with Gasteiger partial charge >= 0.3 is 5.97 Å². The van der Waals surface area contributed by atoms with Crippen molar-refractivity contribution in [2.75, 3.05) is 0 Å². The third-order valence-corrected chi connectivity index (χ3v) is 4.77. The Morgan fingerprint density at radius 3 is 2.30 bits per heavy atom. The van der Waals surface area contributed by atoms with Crippen LogP contribution in [0.3, 0.4) is 0 Å². The van der Waals surface area contributed by atoms with Gasteiger partial charge in [-0.25, -0.2) is 4.79 Å². The summed E-state index contributed by atoms with van der Waals surface area (Å²) in [5.41, 5.74) is -0.694. The van der Waals surface area contributed by atoms with E-state index in [4.69, 9.17) is 5.11 Å². The van der Waals surface area contributed by atoms with Crippen LogP contribution in [0.1, 0.15) is 10.4 Å². The predicted octanol–water partition coefficient (Wildman–Crippen LogP) is 4.09. The van der Waals surface area contributed by atoms with Crippen molar-refractivity contribution in [1.82, 2.24) is 0 Å². The lowest BCUT2D eigenvalue weighted by Gasteiger charge is -2.03. The van der Waals surface area contributed by atoms with Crippen LogP contribution < -0.4 is 0 Å². The molecule has 0 aromatic heterocycles. The van der Waals surface area contributed by atoms with Crippen molar-refractivity contribution in [2.45, 2.75) is 9.79 Å². The molecule has 5 nitrogen and oxygen atoms in total. The molecular weight excluding hydrogens is 298 g/mol. The summed E-state index contributed by atoms with van der Waals surface area (Å²) in [6.45, 7) is 0. The van der Waals surface area contributed by atoms with Gasteiger partial charge < -0.3 is 5.11 Å². The lowest BCUT2D eigenvalue weighted by Crippen LogP contribution is -2.02. The van der Waals surface area contributed by atoms with Crippen molar-refractivity contribution in [2.24, 2.45) is 0 Å². The Morgan fingerprint density at radius 1 is 1.05 bits per heavy atom. The second-order valence-corrected chi connectivity index (χ2v) is 6.00. The van der Waals surface area contributed by atoms with E-state index in [1.165, 1.54) is 33.7 Å². The topological polar surface area (TPSA) is 80.4 Å². The molecule has 0 atom stereocenters. The summed E-state index contributed by atoms with van der Waals surface area (Å²) in [5, 5.41) is 19.8. The zero-order valence-corrected chi connectivity index (χ0v) is 11.7. The number of rotatable bonds is 5. The fourth-order valence-electron chi connectivity index (χ4n) is 1.47. The largest absolute Gasteiger partial charge is 0.477 e. The minimum Gasteiger partial charge on any atom is -0.477 e. The van der Waals surface area contributed by atoms with Crippen LogP contribution in [0, 0.1) is 10.1 Å². The number of carbonyl (C=O) groups is 1. The molecule has 0 amide bonds. The van der Waals surface area contributed by atoms with Gasteiger partial charge in [-0.1, -0.05) is 39.8 Å². The molecule has 0 saturated carbocycles. The second-order valence-electron chi connectivity index (χ2n) is 3.72. The minimum absolute atomic E-state index is 0.302. The van der Waals surface area contributed by atoms with Crippen molar-refractivity contribution < 1.29 is 14.8 Å². The van der Waals surface area contributed by atoms with E-state index in [9.17, 15) is 14.9 Å². The van der Waals surface area contributed by atoms with E-state index >= 15 is 0 Å². The van der Waals surface area contributed by atoms with Crippen molar-refractivity contribution in [3.8, 4) is 0 Å². The van der Waals surface area contributed by atoms with Crippen molar-refractivity contribution in [3.63, 3.8) is 0 Å². The molecule has 7 heteroatoms. The van der Waals surface area contributed by atoms with E-state index in [2.05, 4.69) is 0 Å². The maximum absolute atomic E-state index is 10.9. The van der Waals surface area contributed by atoms with E-state index in [-0.39, 0.29) is 5.56 Å². The highest BCUT2D eigenvalue weighted by molar-refractivity contribution is 8.76. The number of benzene rings is 2. The van der Waals surface area contributed by atoms with Crippen molar-refractivity contribution >= 4 is 33.2 Å². The van der Waals surface area contributed by atoms with Gasteiger partial charge in [0.1, 0.15) is 5.56 Å². The van der Waals surface area contributed by atoms with Gasteiger partial charge in [0, 0.05) is 15.9 Å². The standard InChI is InChI=1S/C13H9NO4S2/c15-13(16)11-7-6-10(8-12(11)14(17)18)20-19-9-4-2-1-3-5-9/h1-8H,(H,15,16). The molecule has 0 heterocycles. The Morgan fingerprint density at radius 2 is 1.70 bits per heavy atom. The van der Waals surface area contributed by atoms with E-state index in [1.54, 1.807) is 6.07 Å². The Hall–Kier alpha value is -1.99. The van der Waals surface area contributed by atoms with E-state index in [0.717, 1.165) is 4.90 Å². The number of nitrogens with zero attached hydrogens (tertiary/aromatic N) is 1. The number of aromatic carboxylic acids is 1. The highest BCUT2D eigenvalue weighted by Gasteiger charge is 2.20. The van der Waals surface area contributed by atoms with Gasteiger partial charge in [0.05, 0.1) is 4.92 Å². The fraction of sp³-hybridized carbons (Fsp3) is 0. The molecule has 0 aliphatic carbocycles. The van der Waals surface area contributed by atoms with Gasteiger partial charge in [0.25, 0.3) is 5.69 Å². The normalized spacial score (nSPS) is 10.2. The van der Waals surface area contributed by atoms with E-state index in [0.29, 0.717) is 4.90 Å². The molecular formula is C13H9NO4S2. The van der Waals surface area contributed by atoms with Crippen LogP contribution >= 0.6 is 21.6 Å². The number of carboxylic acids is 1. The Bertz CT molecular complexity index is 646. The van der Waals surface area contributed by atoms with Crippen molar-refractivity contribution in [3.05, 3.63) is 64.2 Å². The van der Waals surface area contributed by atoms with Gasteiger partial charge in [-0.2, -0.15) is 0 Å². The molecule has 0 fully saturated rings. The number of hydrogen-bond acceptors (Lipinski definition) is 5. The van der Waals surface area contributed by atoms with Crippen LogP contribution in [-0.4, -0.2) is 16.0 Å². The van der Waals surface area contributed by atoms with Gasteiger partial charge in [-0.15, -0.1) is 0 Å². The molecule has 1 N–H and O–H groups in total. The molecule has 0 spiro atoms. The maximum atomic E-state index is 10.9. The highest BCUT2D eigenvalue weighted by atomic mass is 33.1. The van der Waals surface area contributed by atoms with E-state index in [1.807, 2.05) is 30.3 Å². The maximum Gasteiger partial charge on any atom is 0.342 e. The molecule has 0 aliphatic heterocycles. The summed E-state index contributed by atoms with van der Waals surface area (Å²) in [4.78, 5) is 22.8. The lowest BCUT2D eigenvalue weighted by molar-refractivity contribution is -0.385. The Labute approximate surface area is 122 Å². The summed E-state index contributed by atoms with van der Waals surface area (Å²) in [6, 6.07) is 13.7. The molecule has 20 heavy (non-hydrogen) atoms. The molecule has 2 rings (SSSR count). The smallest absolute Gasteiger partial charge is 0.342 e. The molecule has 0 unspecified atom stereocenters. The summed E-state index contributed by atoms with van der Waals surface area (Å²) >= 11 is 0. The number of carboxylic acid groups (broad SMARTS) is 1. The molecule has 0 radical (unpaired) electrons. The molecule has 0 aliphatic rings. The molecule has 0 bridgehead atoms. The summed E-state index contributed by atoms with van der Waals surface area (Å²) in [6.07, 6.45) is 0. The SMILES string of the molecule is O=C(O)c1ccc(SSc2ccccc2)cc1[N+](=O)[O-]. The number of hydrogen-bond donors (Lipinski definition) is 1. The molecule has 2 aromatic rings. The van der Waals surface area contributed by atoms with Crippen LogP contribution in [0.2, 0.25) is 0 Å². The van der Waals surface area contributed by atoms with Crippen LogP contribution in [0.15, 0.2) is 58.3 Å². The second kappa shape index (κ2) is 6.44. The zero-order valence-electron chi connectivity index (χ0n) is 10.1. The Balaban J connectivity index is 2.19. The van der Waals surface area contributed by atoms with Gasteiger partial charge in [0.2, 0.25) is 0 Å². The average molecular weight is 307 g/mol. The van der Waals surface area contributed by atoms with Crippen LogP contribution in [0.4, 0.5) is 5.69 Å². The summed E-state index contributed by atoms with van der Waals surface area (Å²) < 4.78 is 0. The van der Waals surface area contributed by atoms with Gasteiger partial charge in [-0.3, -0.25) is 10.1 Å². The lowest BCUT2D eigenvalue weighted by atomic mass is 10.2. The summed E-state index contributed by atoms with van der Waals surface area (Å²) in [5.74, 6) is -1.30. The first-order valence-corrected chi connectivity index (χ1v) is 7.64. The van der Waals surface area contributed by atoms with E-state index < -0.39 is 16.6 Å². The zero-order chi connectivity index (χ0) is 14.5. The third-order valence-electron chi connectivity index (χ3n) is 2.37. The first-order valence-electron chi connectivity index (χ1n) is 5.49. The summed E-state index contributed by atoms with van der Waals surface area (Å²) in [7, 11) is 2.80. The Kier molecular flexibility index (Phi) is 4.65.